The zero-order valence-corrected chi connectivity index (χ0v) is 5.47. The minimum Gasteiger partial charge on any atom is -0.290 e. The van der Waals surface area contributed by atoms with Crippen LogP contribution in [0.4, 0.5) is 0 Å². The first-order valence-electron chi connectivity index (χ1n) is 2.30. The van der Waals surface area contributed by atoms with Gasteiger partial charge in [-0.05, 0) is 12.1 Å². The molecule has 0 fully saturated rings. The molecule has 0 aliphatic rings. The predicted octanol–water partition coefficient (Wildman–Crippen LogP) is 0.864. The molecule has 1 aromatic rings. The van der Waals surface area contributed by atoms with Crippen molar-refractivity contribution in [2.24, 2.45) is 0 Å². The Bertz CT molecular complexity index is 204. The van der Waals surface area contributed by atoms with Crippen LogP contribution in [-0.2, 0) is 0 Å². The third-order valence-electron chi connectivity index (χ3n) is 0.757. The summed E-state index contributed by atoms with van der Waals surface area (Å²) in [4.78, 5) is 14.1. The van der Waals surface area contributed by atoms with Gasteiger partial charge < -0.3 is 0 Å². The number of hydrogen-bond acceptors (Lipinski definition) is 2. The van der Waals surface area contributed by atoms with Gasteiger partial charge in [0.05, 0.1) is 0 Å². The Labute approximate surface area is 59.0 Å². The third kappa shape index (κ3) is 2.82. The lowest BCUT2D eigenvalue weighted by molar-refractivity contribution is 1.37. The van der Waals surface area contributed by atoms with Gasteiger partial charge in [-0.1, -0.05) is 0 Å². The van der Waals surface area contributed by atoms with Crippen molar-refractivity contribution in [1.82, 2.24) is 4.98 Å². The standard InChI is InChI=1S/C6H5NO.ClH/c8-6-2-1-4-7-5-3-6;/h1-5H;1H. The third-order valence-corrected chi connectivity index (χ3v) is 0.757. The van der Waals surface area contributed by atoms with Gasteiger partial charge >= 0.3 is 0 Å². The van der Waals surface area contributed by atoms with Gasteiger partial charge in [-0.2, -0.15) is 0 Å². The summed E-state index contributed by atoms with van der Waals surface area (Å²) in [5.74, 6) is 0. The van der Waals surface area contributed by atoms with E-state index >= 15 is 0 Å². The van der Waals surface area contributed by atoms with Crippen LogP contribution in [-0.4, -0.2) is 4.98 Å². The molecular formula is C6H6ClNO. The van der Waals surface area contributed by atoms with Crippen molar-refractivity contribution >= 4 is 12.4 Å². The predicted molar refractivity (Wildman–Crippen MR) is 37.8 cm³/mol. The van der Waals surface area contributed by atoms with E-state index in [0.717, 1.165) is 0 Å². The van der Waals surface area contributed by atoms with Crippen molar-refractivity contribution < 1.29 is 0 Å². The summed E-state index contributed by atoms with van der Waals surface area (Å²) >= 11 is 0. The average molecular weight is 144 g/mol. The maximum absolute atomic E-state index is 10.4. The molecule has 0 radical (unpaired) electrons. The quantitative estimate of drug-likeness (QED) is 0.539. The second-order valence-electron chi connectivity index (χ2n) is 1.38. The Morgan fingerprint density at radius 2 is 2.00 bits per heavy atom. The molecule has 9 heavy (non-hydrogen) atoms. The van der Waals surface area contributed by atoms with Crippen LogP contribution < -0.4 is 5.43 Å². The van der Waals surface area contributed by atoms with Crippen LogP contribution in [0, 0.1) is 0 Å². The van der Waals surface area contributed by atoms with Gasteiger partial charge in [-0.15, -0.1) is 12.4 Å². The lowest BCUT2D eigenvalue weighted by Crippen LogP contribution is -1.87. The summed E-state index contributed by atoms with van der Waals surface area (Å²) in [6.45, 7) is 0. The van der Waals surface area contributed by atoms with Crippen molar-refractivity contribution in [2.75, 3.05) is 0 Å². The lowest BCUT2D eigenvalue weighted by atomic mass is 10.5. The molecule has 0 aromatic carbocycles. The Morgan fingerprint density at radius 1 is 1.22 bits per heavy atom. The van der Waals surface area contributed by atoms with Crippen molar-refractivity contribution in [3.8, 4) is 0 Å². The second-order valence-corrected chi connectivity index (χ2v) is 1.38. The van der Waals surface area contributed by atoms with Gasteiger partial charge in [0.15, 0.2) is 5.43 Å². The van der Waals surface area contributed by atoms with Crippen LogP contribution in [0.1, 0.15) is 0 Å². The van der Waals surface area contributed by atoms with Crippen LogP contribution in [0.15, 0.2) is 35.4 Å². The Kier molecular flexibility index (Phi) is 3.64. The van der Waals surface area contributed by atoms with Gasteiger partial charge in [0.1, 0.15) is 0 Å². The Balaban J connectivity index is 0.000000640. The van der Waals surface area contributed by atoms with E-state index in [1.54, 1.807) is 12.3 Å². The molecule has 0 spiro atoms. The molecule has 1 rings (SSSR count). The zero-order chi connectivity index (χ0) is 5.82. The molecule has 0 atom stereocenters. The molecule has 3 heteroatoms. The number of nitrogens with zero attached hydrogens (tertiary/aromatic N) is 1. The molecule has 1 aromatic heterocycles. The highest BCUT2D eigenvalue weighted by Crippen LogP contribution is 1.66. The number of aromatic nitrogens is 1. The summed E-state index contributed by atoms with van der Waals surface area (Å²) in [5.41, 5.74) is -0.0116. The highest BCUT2D eigenvalue weighted by Gasteiger charge is 1.70. The van der Waals surface area contributed by atoms with E-state index in [4.69, 9.17) is 0 Å². The van der Waals surface area contributed by atoms with Crippen molar-refractivity contribution in [3.05, 3.63) is 40.8 Å². The lowest BCUT2D eigenvalue weighted by Gasteiger charge is -1.55. The van der Waals surface area contributed by atoms with Crippen LogP contribution in [0.5, 0.6) is 0 Å². The fourth-order valence-electron chi connectivity index (χ4n) is 0.409. The Hall–Kier alpha value is -0.890. The first-order valence-corrected chi connectivity index (χ1v) is 2.30. The molecular weight excluding hydrogens is 138 g/mol. The topological polar surface area (TPSA) is 30.0 Å². The van der Waals surface area contributed by atoms with Gasteiger partial charge in [0.25, 0.3) is 0 Å². The first kappa shape index (κ1) is 8.11. The van der Waals surface area contributed by atoms with Gasteiger partial charge in [-0.3, -0.25) is 9.78 Å². The molecule has 0 saturated carbocycles. The number of rotatable bonds is 0. The van der Waals surface area contributed by atoms with Crippen LogP contribution in [0.25, 0.3) is 0 Å². The van der Waals surface area contributed by atoms with Crippen molar-refractivity contribution in [2.45, 2.75) is 0 Å². The van der Waals surface area contributed by atoms with Crippen LogP contribution in [0.3, 0.4) is 0 Å². The average Bonchev–Trinajstić information content (AvgIpc) is 1.94. The molecule has 0 aliphatic heterocycles. The fraction of sp³-hybridized carbons (Fsp3) is 0. The molecule has 1 heterocycles. The maximum atomic E-state index is 10.4. The number of halogens is 1. The van der Waals surface area contributed by atoms with Crippen molar-refractivity contribution in [3.63, 3.8) is 0 Å². The summed E-state index contributed by atoms with van der Waals surface area (Å²) in [5, 5.41) is 0. The fourth-order valence-corrected chi connectivity index (χ4v) is 0.409. The molecule has 48 valence electrons. The van der Waals surface area contributed by atoms with E-state index < -0.39 is 0 Å². The Morgan fingerprint density at radius 3 is 2.78 bits per heavy atom. The van der Waals surface area contributed by atoms with E-state index in [-0.39, 0.29) is 17.8 Å². The smallest absolute Gasteiger partial charge is 0.180 e. The summed E-state index contributed by atoms with van der Waals surface area (Å²) in [7, 11) is 0. The van der Waals surface area contributed by atoms with Crippen LogP contribution in [0.2, 0.25) is 0 Å². The van der Waals surface area contributed by atoms with E-state index in [1.165, 1.54) is 18.3 Å². The largest absolute Gasteiger partial charge is 0.290 e. The maximum Gasteiger partial charge on any atom is 0.180 e. The molecule has 0 amide bonds. The van der Waals surface area contributed by atoms with Gasteiger partial charge in [0.2, 0.25) is 0 Å². The minimum absolute atomic E-state index is 0. The summed E-state index contributed by atoms with van der Waals surface area (Å²) in [6.07, 6.45) is 3.05. The van der Waals surface area contributed by atoms with E-state index in [1.807, 2.05) is 0 Å². The molecule has 0 N–H and O–H groups in total. The highest BCUT2D eigenvalue weighted by atomic mass is 35.5. The second kappa shape index (κ2) is 4.04. The van der Waals surface area contributed by atoms with E-state index in [2.05, 4.69) is 4.98 Å². The summed E-state index contributed by atoms with van der Waals surface area (Å²) < 4.78 is 0. The monoisotopic (exact) mass is 143 g/mol. The molecule has 0 saturated heterocycles. The number of hydrogen-bond donors (Lipinski definition) is 0. The molecule has 2 nitrogen and oxygen atoms in total. The normalized spacial score (nSPS) is 7.56. The molecule has 0 bridgehead atoms. The van der Waals surface area contributed by atoms with E-state index in [9.17, 15) is 4.79 Å². The van der Waals surface area contributed by atoms with E-state index in [0.29, 0.717) is 0 Å². The van der Waals surface area contributed by atoms with Crippen molar-refractivity contribution in [1.29, 1.82) is 0 Å². The molecule has 0 aliphatic carbocycles. The molecule has 0 unspecified atom stereocenters. The first-order chi connectivity index (χ1) is 3.89. The zero-order valence-electron chi connectivity index (χ0n) is 4.65. The van der Waals surface area contributed by atoms with Gasteiger partial charge in [0, 0.05) is 18.5 Å². The highest BCUT2D eigenvalue weighted by molar-refractivity contribution is 5.85. The van der Waals surface area contributed by atoms with Crippen LogP contribution >= 0.6 is 12.4 Å². The summed E-state index contributed by atoms with van der Waals surface area (Å²) in [6, 6.07) is 4.50. The van der Waals surface area contributed by atoms with Gasteiger partial charge in [-0.25, -0.2) is 0 Å². The minimum atomic E-state index is -0.0116. The SMILES string of the molecule is Cl.O=c1cccncc1.